The van der Waals surface area contributed by atoms with Crippen molar-refractivity contribution in [3.05, 3.63) is 35.9 Å². The lowest BCUT2D eigenvalue weighted by Gasteiger charge is -2.01. The van der Waals surface area contributed by atoms with Crippen LogP contribution in [0.15, 0.2) is 30.3 Å². The van der Waals surface area contributed by atoms with Gasteiger partial charge in [-0.2, -0.15) is 0 Å². The lowest BCUT2D eigenvalue weighted by Crippen LogP contribution is -2.03. The van der Waals surface area contributed by atoms with Gasteiger partial charge in [-0.05, 0) is 24.5 Å². The normalized spacial score (nSPS) is 9.58. The number of rotatable bonds is 10. The summed E-state index contributed by atoms with van der Waals surface area (Å²) in [4.78, 5) is 20.2. The van der Waals surface area contributed by atoms with Crippen molar-refractivity contribution in [1.29, 1.82) is 0 Å². The summed E-state index contributed by atoms with van der Waals surface area (Å²) in [5.74, 6) is -0.854. The Hall–Kier alpha value is -1.96. The highest BCUT2D eigenvalue weighted by Gasteiger charge is 1.97. The molecule has 0 aliphatic rings. The van der Waals surface area contributed by atoms with Crippen molar-refractivity contribution in [2.75, 3.05) is 26.4 Å². The number of unbranched alkanes of at least 4 members (excludes halogenated alkanes) is 1. The lowest BCUT2D eigenvalue weighted by molar-refractivity contribution is -0.137. The Morgan fingerprint density at radius 3 is 1.85 bits per heavy atom. The van der Waals surface area contributed by atoms with Crippen molar-refractivity contribution in [2.24, 2.45) is 5.92 Å². The Balaban J connectivity index is 0. The van der Waals surface area contributed by atoms with Crippen LogP contribution in [0.25, 0.3) is 0 Å². The molecule has 1 rings (SSSR count). The maximum atomic E-state index is 10.2. The minimum atomic E-state index is -0.879. The van der Waals surface area contributed by atoms with Crippen molar-refractivity contribution < 1.29 is 34.8 Å². The maximum absolute atomic E-state index is 10.2. The first-order valence-electron chi connectivity index (χ1n) is 8.64. The van der Waals surface area contributed by atoms with E-state index in [1.165, 1.54) is 0 Å². The van der Waals surface area contributed by atoms with Crippen LogP contribution in [0.1, 0.15) is 49.9 Å². The Morgan fingerprint density at radius 1 is 0.962 bits per heavy atom. The summed E-state index contributed by atoms with van der Waals surface area (Å²) >= 11 is 0. The molecule has 26 heavy (non-hydrogen) atoms. The molecular weight excluding hydrogens is 340 g/mol. The molecule has 0 saturated heterocycles. The number of benzene rings is 1. The molecule has 0 fully saturated rings. The van der Waals surface area contributed by atoms with Gasteiger partial charge in [-0.1, -0.05) is 44.9 Å². The fraction of sp³-hybridized carbons (Fsp3) is 0.579. The monoisotopic (exact) mass is 372 g/mol. The predicted molar refractivity (Wildman–Crippen MR) is 99.3 cm³/mol. The van der Waals surface area contributed by atoms with Crippen LogP contribution in [0, 0.1) is 5.92 Å². The summed E-state index contributed by atoms with van der Waals surface area (Å²) in [5.41, 5.74) is 0.331. The number of aliphatic hydroxyl groups is 2. The summed E-state index contributed by atoms with van der Waals surface area (Å²) in [6, 6.07) is 8.30. The first-order chi connectivity index (χ1) is 12.3. The highest BCUT2D eigenvalue weighted by Crippen LogP contribution is 2.07. The summed E-state index contributed by atoms with van der Waals surface area (Å²) in [6.45, 7) is 5.00. The molecule has 7 heteroatoms. The molecule has 0 amide bonds. The van der Waals surface area contributed by atoms with E-state index >= 15 is 0 Å². The first kappa shape index (κ1) is 26.3. The molecule has 0 bridgehead atoms. The molecule has 7 nitrogen and oxygen atoms in total. The summed E-state index contributed by atoms with van der Waals surface area (Å²) in [6.07, 6.45) is 3.34. The number of aliphatic carboxylic acids is 1. The molecule has 1 aromatic rings. The average molecular weight is 372 g/mol. The van der Waals surface area contributed by atoms with Crippen LogP contribution < -0.4 is 0 Å². The number of carbonyl (C=O) groups is 2. The third-order valence-electron chi connectivity index (χ3n) is 2.91. The van der Waals surface area contributed by atoms with E-state index in [1.807, 2.05) is 0 Å². The van der Waals surface area contributed by atoms with Gasteiger partial charge in [-0.25, -0.2) is 4.79 Å². The number of aromatic carboxylic acids is 1. The number of ether oxygens (including phenoxy) is 1. The number of hydrogen-bond acceptors (Lipinski definition) is 5. The first-order valence-corrected chi connectivity index (χ1v) is 8.64. The number of carboxylic acids is 2. The van der Waals surface area contributed by atoms with E-state index in [2.05, 4.69) is 18.6 Å². The van der Waals surface area contributed by atoms with E-state index in [0.29, 0.717) is 31.1 Å². The molecule has 0 aliphatic heterocycles. The van der Waals surface area contributed by atoms with Gasteiger partial charge in [0.05, 0.1) is 32.0 Å². The van der Waals surface area contributed by atoms with Gasteiger partial charge in [-0.3, -0.25) is 4.79 Å². The van der Waals surface area contributed by atoms with Gasteiger partial charge in [0.2, 0.25) is 0 Å². The smallest absolute Gasteiger partial charge is 0.335 e. The van der Waals surface area contributed by atoms with Crippen LogP contribution in [0.3, 0.4) is 0 Å². The standard InChI is InChI=1S/C8H16O2.C7H6O2.C4H10O3/c1-7(2)5-3-4-6-8(9)10;8-7(9)6-4-2-1-3-5-6;5-1-3-7-4-2-6/h7H,3-6H2,1-2H3,(H,9,10);1-5H,(H,8,9);5-6H,1-4H2. The van der Waals surface area contributed by atoms with E-state index < -0.39 is 11.9 Å². The molecule has 0 spiro atoms. The van der Waals surface area contributed by atoms with Crippen LogP contribution in [0.5, 0.6) is 0 Å². The largest absolute Gasteiger partial charge is 0.481 e. The Kier molecular flexibility index (Phi) is 19.6. The van der Waals surface area contributed by atoms with E-state index in [4.69, 9.17) is 20.4 Å². The average Bonchev–Trinajstić information content (AvgIpc) is 2.61. The van der Waals surface area contributed by atoms with Gasteiger partial charge in [0.1, 0.15) is 0 Å². The van der Waals surface area contributed by atoms with Crippen molar-refractivity contribution in [3.8, 4) is 0 Å². The van der Waals surface area contributed by atoms with Gasteiger partial charge in [0.15, 0.2) is 0 Å². The molecule has 0 heterocycles. The molecule has 1 aromatic carbocycles. The van der Waals surface area contributed by atoms with E-state index in [0.717, 1.165) is 19.3 Å². The third-order valence-corrected chi connectivity index (χ3v) is 2.91. The SMILES string of the molecule is CC(C)CCCCC(=O)O.O=C(O)c1ccccc1.OCCOCCO. The number of carboxylic acid groups (broad SMARTS) is 2. The van der Waals surface area contributed by atoms with Crippen LogP contribution in [-0.2, 0) is 9.53 Å². The highest BCUT2D eigenvalue weighted by molar-refractivity contribution is 5.87. The topological polar surface area (TPSA) is 124 Å². The minimum Gasteiger partial charge on any atom is -0.481 e. The van der Waals surface area contributed by atoms with E-state index in [9.17, 15) is 9.59 Å². The zero-order valence-corrected chi connectivity index (χ0v) is 15.6. The highest BCUT2D eigenvalue weighted by atomic mass is 16.5. The lowest BCUT2D eigenvalue weighted by atomic mass is 10.1. The van der Waals surface area contributed by atoms with E-state index in [-0.39, 0.29) is 13.2 Å². The second-order valence-corrected chi connectivity index (χ2v) is 5.76. The molecule has 0 aliphatic carbocycles. The van der Waals surface area contributed by atoms with E-state index in [1.54, 1.807) is 30.3 Å². The Bertz CT molecular complexity index is 442. The van der Waals surface area contributed by atoms with Gasteiger partial charge in [0, 0.05) is 6.42 Å². The third kappa shape index (κ3) is 22.0. The quantitative estimate of drug-likeness (QED) is 0.465. The fourth-order valence-electron chi connectivity index (χ4n) is 1.64. The molecule has 0 saturated carbocycles. The molecular formula is C19H32O7. The molecule has 0 atom stereocenters. The van der Waals surface area contributed by atoms with Crippen molar-refractivity contribution in [2.45, 2.75) is 39.5 Å². The molecule has 0 unspecified atom stereocenters. The molecule has 4 N–H and O–H groups in total. The van der Waals surface area contributed by atoms with Gasteiger partial charge in [0.25, 0.3) is 0 Å². The fourth-order valence-corrected chi connectivity index (χ4v) is 1.64. The summed E-state index contributed by atoms with van der Waals surface area (Å²) < 4.78 is 4.63. The Morgan fingerprint density at radius 2 is 1.50 bits per heavy atom. The zero-order valence-electron chi connectivity index (χ0n) is 15.6. The molecule has 150 valence electrons. The van der Waals surface area contributed by atoms with Crippen LogP contribution in [-0.4, -0.2) is 58.8 Å². The second-order valence-electron chi connectivity index (χ2n) is 5.76. The minimum absolute atomic E-state index is 0.0278. The van der Waals surface area contributed by atoms with Gasteiger partial charge >= 0.3 is 11.9 Å². The molecule has 0 aromatic heterocycles. The summed E-state index contributed by atoms with van der Waals surface area (Å²) in [5, 5.41) is 32.8. The summed E-state index contributed by atoms with van der Waals surface area (Å²) in [7, 11) is 0. The zero-order chi connectivity index (χ0) is 20.2. The number of hydrogen-bond donors (Lipinski definition) is 4. The second kappa shape index (κ2) is 19.4. The maximum Gasteiger partial charge on any atom is 0.335 e. The predicted octanol–water partition coefficient (Wildman–Crippen LogP) is 2.66. The van der Waals surface area contributed by atoms with Gasteiger partial charge < -0.3 is 25.2 Å². The molecule has 0 radical (unpaired) electrons. The van der Waals surface area contributed by atoms with Gasteiger partial charge in [-0.15, -0.1) is 0 Å². The van der Waals surface area contributed by atoms with Crippen molar-refractivity contribution >= 4 is 11.9 Å². The van der Waals surface area contributed by atoms with Crippen molar-refractivity contribution in [3.63, 3.8) is 0 Å². The van der Waals surface area contributed by atoms with Crippen LogP contribution in [0.2, 0.25) is 0 Å². The van der Waals surface area contributed by atoms with Crippen molar-refractivity contribution in [1.82, 2.24) is 0 Å². The van der Waals surface area contributed by atoms with Crippen LogP contribution in [0.4, 0.5) is 0 Å². The number of aliphatic hydroxyl groups excluding tert-OH is 2. The Labute approximate surface area is 155 Å². The van der Waals surface area contributed by atoms with Crippen LogP contribution >= 0.6 is 0 Å².